The Hall–Kier alpha value is -3.46. The van der Waals surface area contributed by atoms with Gasteiger partial charge in [0, 0.05) is 11.1 Å². The van der Waals surface area contributed by atoms with E-state index >= 15 is 0 Å². The predicted molar refractivity (Wildman–Crippen MR) is 108 cm³/mol. The summed E-state index contributed by atoms with van der Waals surface area (Å²) in [5, 5.41) is 20.4. The predicted octanol–water partition coefficient (Wildman–Crippen LogP) is 5.14. The first kappa shape index (κ1) is 15.8. The molecule has 0 atom stereocenters. The lowest BCUT2D eigenvalue weighted by Gasteiger charge is -2.12. The van der Waals surface area contributed by atoms with Crippen molar-refractivity contribution in [1.82, 2.24) is 0 Å². The molecule has 3 heteroatoms. The number of rotatable bonds is 3. The van der Waals surface area contributed by atoms with E-state index in [4.69, 9.17) is 10.5 Å². The van der Waals surface area contributed by atoms with Gasteiger partial charge in [-0.05, 0) is 58.0 Å². The summed E-state index contributed by atoms with van der Waals surface area (Å²) < 4.78 is 0. The van der Waals surface area contributed by atoms with Crippen LogP contribution in [0.5, 0.6) is 0 Å². The number of carboxylic acid groups (broad SMARTS) is 1. The van der Waals surface area contributed by atoms with Crippen molar-refractivity contribution in [1.29, 1.82) is 5.41 Å². The van der Waals surface area contributed by atoms with Crippen LogP contribution in [0.4, 0.5) is 0 Å². The molecule has 27 heavy (non-hydrogen) atoms. The number of hydrogen-bond donors (Lipinski definition) is 2. The fourth-order valence-corrected chi connectivity index (χ4v) is 4.22. The SMILES string of the molecule is N=C1C(c2ccc(C(=O)O)cc2)=CC=C1c1ccc2c3c(cccc13)CC2. The van der Waals surface area contributed by atoms with Crippen molar-refractivity contribution in [3.05, 3.63) is 94.6 Å². The van der Waals surface area contributed by atoms with E-state index in [1.165, 1.54) is 21.9 Å². The van der Waals surface area contributed by atoms with Gasteiger partial charge in [-0.3, -0.25) is 5.41 Å². The highest BCUT2D eigenvalue weighted by Crippen LogP contribution is 2.38. The molecule has 0 radical (unpaired) electrons. The zero-order valence-electron chi connectivity index (χ0n) is 14.6. The molecule has 0 bridgehead atoms. The van der Waals surface area contributed by atoms with E-state index < -0.39 is 5.97 Å². The number of aryl methyl sites for hydroxylation is 2. The average molecular weight is 351 g/mol. The van der Waals surface area contributed by atoms with Gasteiger partial charge in [0.25, 0.3) is 0 Å². The molecule has 0 spiro atoms. The van der Waals surface area contributed by atoms with Crippen LogP contribution in [0.15, 0.2) is 66.7 Å². The van der Waals surface area contributed by atoms with Gasteiger partial charge in [-0.15, -0.1) is 0 Å². The van der Waals surface area contributed by atoms with E-state index in [1.807, 2.05) is 12.2 Å². The molecule has 0 amide bonds. The fourth-order valence-electron chi connectivity index (χ4n) is 4.22. The Bertz CT molecular complexity index is 1190. The molecule has 0 saturated heterocycles. The highest BCUT2D eigenvalue weighted by atomic mass is 16.4. The highest BCUT2D eigenvalue weighted by Gasteiger charge is 2.23. The molecular formula is C24H17NO2. The van der Waals surface area contributed by atoms with Crippen LogP contribution >= 0.6 is 0 Å². The molecule has 0 aromatic heterocycles. The summed E-state index contributed by atoms with van der Waals surface area (Å²) in [7, 11) is 0. The molecule has 2 aliphatic carbocycles. The maximum Gasteiger partial charge on any atom is 0.335 e. The maximum atomic E-state index is 11.1. The monoisotopic (exact) mass is 351 g/mol. The first-order valence-electron chi connectivity index (χ1n) is 9.02. The van der Waals surface area contributed by atoms with E-state index in [2.05, 4.69) is 30.3 Å². The van der Waals surface area contributed by atoms with Gasteiger partial charge < -0.3 is 5.11 Å². The normalized spacial score (nSPS) is 15.2. The van der Waals surface area contributed by atoms with Crippen LogP contribution in [0.25, 0.3) is 21.9 Å². The third-order valence-corrected chi connectivity index (χ3v) is 5.57. The minimum Gasteiger partial charge on any atom is -0.478 e. The first-order valence-corrected chi connectivity index (χ1v) is 9.02. The van der Waals surface area contributed by atoms with Gasteiger partial charge in [-0.1, -0.05) is 54.6 Å². The smallest absolute Gasteiger partial charge is 0.335 e. The molecule has 0 saturated carbocycles. The van der Waals surface area contributed by atoms with Crippen molar-refractivity contribution in [3.8, 4) is 0 Å². The molecule has 130 valence electrons. The lowest BCUT2D eigenvalue weighted by Crippen LogP contribution is -2.02. The van der Waals surface area contributed by atoms with Gasteiger partial charge in [0.1, 0.15) is 0 Å². The number of hydrogen-bond acceptors (Lipinski definition) is 2. The van der Waals surface area contributed by atoms with Crippen LogP contribution in [0.3, 0.4) is 0 Å². The van der Waals surface area contributed by atoms with Crippen LogP contribution in [-0.2, 0) is 12.8 Å². The second-order valence-corrected chi connectivity index (χ2v) is 7.03. The van der Waals surface area contributed by atoms with Crippen molar-refractivity contribution in [2.75, 3.05) is 0 Å². The summed E-state index contributed by atoms with van der Waals surface area (Å²) in [6.07, 6.45) is 6.14. The van der Waals surface area contributed by atoms with Crippen molar-refractivity contribution in [2.24, 2.45) is 0 Å². The lowest BCUT2D eigenvalue weighted by molar-refractivity contribution is 0.0697. The minimum absolute atomic E-state index is 0.254. The Labute approximate surface area is 156 Å². The Morgan fingerprint density at radius 1 is 0.852 bits per heavy atom. The molecule has 0 fully saturated rings. The molecule has 3 aromatic rings. The van der Waals surface area contributed by atoms with Gasteiger partial charge >= 0.3 is 5.97 Å². The number of benzene rings is 3. The molecule has 3 nitrogen and oxygen atoms in total. The zero-order chi connectivity index (χ0) is 18.5. The average Bonchev–Trinajstić information content (AvgIpc) is 3.28. The van der Waals surface area contributed by atoms with Crippen LogP contribution in [0.1, 0.15) is 32.6 Å². The third-order valence-electron chi connectivity index (χ3n) is 5.57. The summed E-state index contributed by atoms with van der Waals surface area (Å²) in [6.45, 7) is 0. The maximum absolute atomic E-state index is 11.1. The number of allylic oxidation sites excluding steroid dienone is 4. The van der Waals surface area contributed by atoms with Crippen LogP contribution in [0.2, 0.25) is 0 Å². The topological polar surface area (TPSA) is 61.2 Å². The number of carbonyl (C=O) groups is 1. The van der Waals surface area contributed by atoms with E-state index in [1.54, 1.807) is 24.3 Å². The van der Waals surface area contributed by atoms with E-state index in [0.29, 0.717) is 5.71 Å². The summed E-state index contributed by atoms with van der Waals surface area (Å²) in [6, 6.07) is 17.5. The van der Waals surface area contributed by atoms with Crippen molar-refractivity contribution in [2.45, 2.75) is 12.8 Å². The highest BCUT2D eigenvalue weighted by molar-refractivity contribution is 6.47. The summed E-state index contributed by atoms with van der Waals surface area (Å²) in [5.74, 6) is -0.941. The summed E-state index contributed by atoms with van der Waals surface area (Å²) in [4.78, 5) is 11.1. The Morgan fingerprint density at radius 3 is 2.30 bits per heavy atom. The Balaban J connectivity index is 1.54. The van der Waals surface area contributed by atoms with Crippen molar-refractivity contribution in [3.63, 3.8) is 0 Å². The molecule has 5 rings (SSSR count). The molecule has 0 unspecified atom stereocenters. The van der Waals surface area contributed by atoms with Crippen molar-refractivity contribution < 1.29 is 9.90 Å². The minimum atomic E-state index is -0.941. The molecular weight excluding hydrogens is 334 g/mol. The lowest BCUT2D eigenvalue weighted by atomic mass is 9.91. The standard InChI is InChI=1S/C24H17NO2/c25-23-18(14-4-8-17(9-5-14)24(26)27)12-13-21(23)19-11-10-16-7-6-15-2-1-3-20(19)22(15)16/h1-5,8-13,25H,6-7H2,(H,26,27). The van der Waals surface area contributed by atoms with Gasteiger partial charge in [-0.2, -0.15) is 0 Å². The van der Waals surface area contributed by atoms with Gasteiger partial charge in [-0.25, -0.2) is 4.79 Å². The largest absolute Gasteiger partial charge is 0.478 e. The van der Waals surface area contributed by atoms with Crippen LogP contribution in [0, 0.1) is 5.41 Å². The van der Waals surface area contributed by atoms with Gasteiger partial charge in [0.2, 0.25) is 0 Å². The zero-order valence-corrected chi connectivity index (χ0v) is 14.6. The van der Waals surface area contributed by atoms with Gasteiger partial charge in [0.15, 0.2) is 0 Å². The van der Waals surface area contributed by atoms with E-state index in [-0.39, 0.29) is 5.56 Å². The second-order valence-electron chi connectivity index (χ2n) is 7.03. The second kappa shape index (κ2) is 5.78. The number of aromatic carboxylic acids is 1. The van der Waals surface area contributed by atoms with Crippen molar-refractivity contribution >= 4 is 33.6 Å². The Kier molecular flexibility index (Phi) is 3.37. The fraction of sp³-hybridized carbons (Fsp3) is 0.0833. The molecule has 2 N–H and O–H groups in total. The van der Waals surface area contributed by atoms with Crippen LogP contribution in [-0.4, -0.2) is 16.8 Å². The van der Waals surface area contributed by atoms with Gasteiger partial charge in [0.05, 0.1) is 11.3 Å². The molecule has 2 aliphatic rings. The summed E-state index contributed by atoms with van der Waals surface area (Å²) >= 11 is 0. The Morgan fingerprint density at radius 2 is 1.56 bits per heavy atom. The number of nitrogens with one attached hydrogen (secondary N) is 1. The molecule has 0 aliphatic heterocycles. The molecule has 3 aromatic carbocycles. The third kappa shape index (κ3) is 2.36. The number of carboxylic acids is 1. The van der Waals surface area contributed by atoms with E-state index in [9.17, 15) is 4.79 Å². The molecule has 0 heterocycles. The van der Waals surface area contributed by atoms with E-state index in [0.717, 1.165) is 35.1 Å². The quantitative estimate of drug-likeness (QED) is 0.686. The van der Waals surface area contributed by atoms with Crippen LogP contribution < -0.4 is 0 Å². The first-order chi connectivity index (χ1) is 13.1. The summed E-state index contributed by atoms with van der Waals surface area (Å²) in [5.41, 5.74) is 7.23.